The quantitative estimate of drug-likeness (QED) is 0.718. The molecule has 2 N–H and O–H groups in total. The van der Waals surface area contributed by atoms with E-state index in [1.807, 2.05) is 37.4 Å². The molecule has 0 aromatic heterocycles. The van der Waals surface area contributed by atoms with Crippen LogP contribution in [0.3, 0.4) is 0 Å². The molecule has 7 heteroatoms. The molecule has 1 fully saturated rings. The molecular weight excluding hydrogens is 392 g/mol. The van der Waals surface area contributed by atoms with Crippen LogP contribution in [0.5, 0.6) is 0 Å². The third-order valence-corrected chi connectivity index (χ3v) is 5.71. The topological polar surface area (TPSA) is 81.8 Å². The molecule has 0 aliphatic carbocycles. The lowest BCUT2D eigenvalue weighted by Gasteiger charge is -2.36. The van der Waals surface area contributed by atoms with Crippen LogP contribution < -0.4 is 10.6 Å². The number of carbonyl (C=O) groups is 3. The van der Waals surface area contributed by atoms with E-state index in [1.54, 1.807) is 36.1 Å². The summed E-state index contributed by atoms with van der Waals surface area (Å²) in [7, 11) is 1.83. The monoisotopic (exact) mass is 422 g/mol. The number of para-hydroxylation sites is 1. The fraction of sp³-hybridized carbons (Fsp3) is 0.375. The van der Waals surface area contributed by atoms with E-state index < -0.39 is 0 Å². The van der Waals surface area contributed by atoms with Crippen LogP contribution in [0.2, 0.25) is 0 Å². The van der Waals surface area contributed by atoms with Gasteiger partial charge in [-0.15, -0.1) is 0 Å². The molecule has 1 saturated heterocycles. The van der Waals surface area contributed by atoms with Crippen LogP contribution in [0.4, 0.5) is 5.69 Å². The summed E-state index contributed by atoms with van der Waals surface area (Å²) in [6.45, 7) is 3.78. The lowest BCUT2D eigenvalue weighted by molar-refractivity contribution is -0.130. The van der Waals surface area contributed by atoms with Crippen molar-refractivity contribution >= 4 is 23.4 Å². The van der Waals surface area contributed by atoms with Crippen molar-refractivity contribution in [1.29, 1.82) is 0 Å². The molecule has 164 valence electrons. The highest BCUT2D eigenvalue weighted by Crippen LogP contribution is 2.17. The zero-order valence-corrected chi connectivity index (χ0v) is 18.1. The summed E-state index contributed by atoms with van der Waals surface area (Å²) in [4.78, 5) is 40.7. The first kappa shape index (κ1) is 22.5. The molecule has 1 aliphatic rings. The van der Waals surface area contributed by atoms with Gasteiger partial charge in [-0.05, 0) is 30.5 Å². The van der Waals surface area contributed by atoms with Gasteiger partial charge in [0.15, 0.2) is 0 Å². The molecule has 0 spiro atoms. The van der Waals surface area contributed by atoms with Gasteiger partial charge in [0, 0.05) is 39.6 Å². The van der Waals surface area contributed by atoms with Crippen molar-refractivity contribution in [3.63, 3.8) is 0 Å². The number of nitrogens with zero attached hydrogens (tertiary/aromatic N) is 2. The minimum absolute atomic E-state index is 0.0679. The van der Waals surface area contributed by atoms with Crippen molar-refractivity contribution in [3.05, 3.63) is 65.7 Å². The Kier molecular flexibility index (Phi) is 7.78. The summed E-state index contributed by atoms with van der Waals surface area (Å²) < 4.78 is 0. The number of carbonyl (C=O) groups excluding carboxylic acids is 3. The van der Waals surface area contributed by atoms with Crippen LogP contribution in [0.25, 0.3) is 0 Å². The molecule has 0 unspecified atom stereocenters. The van der Waals surface area contributed by atoms with Crippen molar-refractivity contribution < 1.29 is 14.4 Å². The van der Waals surface area contributed by atoms with Crippen molar-refractivity contribution in [1.82, 2.24) is 15.1 Å². The van der Waals surface area contributed by atoms with Gasteiger partial charge in [-0.25, -0.2) is 0 Å². The summed E-state index contributed by atoms with van der Waals surface area (Å²) in [5.41, 5.74) is 1.95. The number of piperidine rings is 1. The highest BCUT2D eigenvalue weighted by molar-refractivity contribution is 6.04. The minimum Gasteiger partial charge on any atom is -0.348 e. The average molecular weight is 423 g/mol. The van der Waals surface area contributed by atoms with Gasteiger partial charge in [0.1, 0.15) is 0 Å². The van der Waals surface area contributed by atoms with Gasteiger partial charge in [-0.2, -0.15) is 0 Å². The maximum Gasteiger partial charge on any atom is 0.253 e. The zero-order chi connectivity index (χ0) is 22.2. The van der Waals surface area contributed by atoms with E-state index in [0.29, 0.717) is 17.8 Å². The Morgan fingerprint density at radius 3 is 2.32 bits per heavy atom. The smallest absolute Gasteiger partial charge is 0.253 e. The Morgan fingerprint density at radius 2 is 1.65 bits per heavy atom. The van der Waals surface area contributed by atoms with E-state index in [2.05, 4.69) is 15.5 Å². The first-order chi connectivity index (χ1) is 14.9. The molecule has 0 saturated carbocycles. The van der Waals surface area contributed by atoms with Gasteiger partial charge in [0.2, 0.25) is 11.8 Å². The van der Waals surface area contributed by atoms with E-state index in [1.165, 1.54) is 0 Å². The van der Waals surface area contributed by atoms with Crippen LogP contribution in [0, 0.1) is 0 Å². The summed E-state index contributed by atoms with van der Waals surface area (Å²) in [5.74, 6) is -0.312. The lowest BCUT2D eigenvalue weighted by Crippen LogP contribution is -2.46. The van der Waals surface area contributed by atoms with Crippen molar-refractivity contribution in [2.45, 2.75) is 32.4 Å². The number of benzene rings is 2. The highest BCUT2D eigenvalue weighted by Gasteiger charge is 2.25. The standard InChI is InChI=1S/C24H30N4O3/c1-18(29)27(2)20-12-14-28(15-13-20)17-23(30)26-22-11-7-6-10-21(22)24(31)25-16-19-8-4-3-5-9-19/h3-11,20H,12-17H2,1-2H3,(H,25,31)(H,26,30). The zero-order valence-electron chi connectivity index (χ0n) is 18.1. The Balaban J connectivity index is 1.52. The summed E-state index contributed by atoms with van der Waals surface area (Å²) in [6.07, 6.45) is 1.70. The molecule has 0 atom stereocenters. The predicted molar refractivity (Wildman–Crippen MR) is 121 cm³/mol. The molecule has 2 aromatic rings. The van der Waals surface area contributed by atoms with Crippen molar-refractivity contribution in [3.8, 4) is 0 Å². The predicted octanol–water partition coefficient (Wildman–Crippen LogP) is 2.50. The largest absolute Gasteiger partial charge is 0.348 e. The maximum atomic E-state index is 12.7. The highest BCUT2D eigenvalue weighted by atomic mass is 16.2. The van der Waals surface area contributed by atoms with Gasteiger partial charge in [-0.3, -0.25) is 19.3 Å². The lowest BCUT2D eigenvalue weighted by atomic mass is 10.0. The second-order valence-electron chi connectivity index (χ2n) is 7.90. The van der Waals surface area contributed by atoms with Crippen molar-refractivity contribution in [2.24, 2.45) is 0 Å². The molecule has 7 nitrogen and oxygen atoms in total. The first-order valence-corrected chi connectivity index (χ1v) is 10.6. The van der Waals surface area contributed by atoms with Gasteiger partial charge in [0.05, 0.1) is 17.8 Å². The number of amides is 3. The van der Waals surface area contributed by atoms with Crippen molar-refractivity contribution in [2.75, 3.05) is 32.0 Å². The maximum absolute atomic E-state index is 12.7. The number of nitrogens with one attached hydrogen (secondary N) is 2. The van der Waals surface area contributed by atoms with Gasteiger partial charge in [0.25, 0.3) is 5.91 Å². The molecule has 31 heavy (non-hydrogen) atoms. The number of likely N-dealkylation sites (tertiary alicyclic amines) is 1. The molecule has 3 rings (SSSR count). The van der Waals surface area contributed by atoms with E-state index in [9.17, 15) is 14.4 Å². The Labute approximate surface area is 183 Å². The number of anilines is 1. The summed E-state index contributed by atoms with van der Waals surface area (Å²) >= 11 is 0. The third kappa shape index (κ3) is 6.39. The number of rotatable bonds is 7. The second-order valence-corrected chi connectivity index (χ2v) is 7.90. The fourth-order valence-electron chi connectivity index (χ4n) is 3.78. The molecular formula is C24H30N4O3. The van der Waals surface area contributed by atoms with Gasteiger partial charge >= 0.3 is 0 Å². The Hall–Kier alpha value is -3.19. The normalized spacial score (nSPS) is 14.6. The molecule has 0 radical (unpaired) electrons. The van der Waals surface area contributed by atoms with E-state index in [-0.39, 0.29) is 30.3 Å². The minimum atomic E-state index is -0.229. The van der Waals surface area contributed by atoms with E-state index in [4.69, 9.17) is 0 Å². The first-order valence-electron chi connectivity index (χ1n) is 10.6. The number of hydrogen-bond acceptors (Lipinski definition) is 4. The average Bonchev–Trinajstić information content (AvgIpc) is 2.78. The Bertz CT molecular complexity index is 908. The summed E-state index contributed by atoms with van der Waals surface area (Å²) in [5, 5.41) is 5.79. The molecule has 1 aliphatic heterocycles. The molecule has 2 aromatic carbocycles. The number of hydrogen-bond donors (Lipinski definition) is 2. The van der Waals surface area contributed by atoms with Crippen LogP contribution in [0.15, 0.2) is 54.6 Å². The van der Waals surface area contributed by atoms with E-state index >= 15 is 0 Å². The molecule has 3 amide bonds. The molecule has 0 bridgehead atoms. The second kappa shape index (κ2) is 10.7. The van der Waals surface area contributed by atoms with Crippen LogP contribution >= 0.6 is 0 Å². The van der Waals surface area contributed by atoms with Crippen LogP contribution in [0.1, 0.15) is 35.7 Å². The third-order valence-electron chi connectivity index (χ3n) is 5.71. The SMILES string of the molecule is CC(=O)N(C)C1CCN(CC(=O)Nc2ccccc2C(=O)NCc2ccccc2)CC1. The van der Waals surface area contributed by atoms with Gasteiger partial charge < -0.3 is 15.5 Å². The van der Waals surface area contributed by atoms with Gasteiger partial charge in [-0.1, -0.05) is 42.5 Å². The Morgan fingerprint density at radius 1 is 1.00 bits per heavy atom. The summed E-state index contributed by atoms with van der Waals surface area (Å²) in [6, 6.07) is 16.9. The van der Waals surface area contributed by atoms with E-state index in [0.717, 1.165) is 31.5 Å². The van der Waals surface area contributed by atoms with Crippen LogP contribution in [-0.2, 0) is 16.1 Å². The van der Waals surface area contributed by atoms with Crippen LogP contribution in [-0.4, -0.2) is 60.2 Å². The molecule has 1 heterocycles. The fourth-order valence-corrected chi connectivity index (χ4v) is 3.78.